The van der Waals surface area contributed by atoms with E-state index in [4.69, 9.17) is 4.74 Å². The van der Waals surface area contributed by atoms with Crippen molar-refractivity contribution in [3.8, 4) is 0 Å². The highest BCUT2D eigenvalue weighted by atomic mass is 16.6. The monoisotopic (exact) mass is 368 g/mol. The first-order chi connectivity index (χ1) is 11.9. The Morgan fingerprint density at radius 3 is 2.42 bits per heavy atom. The maximum atomic E-state index is 13.1. The standard InChI is InChI=1S/C19H32N2O5/c1-7-9-19(16(24)20-14(15(22)23)12-13(2)3)10-8-11-21(19)17(25)26-18(4,5)6/h7,13-14H,1,8-12H2,2-6H3,(H,20,24)(H,22,23)/t14-,19+/m1/s1. The Bertz CT molecular complexity index is 553. The second kappa shape index (κ2) is 8.56. The lowest BCUT2D eigenvalue weighted by molar-refractivity contribution is -0.144. The SMILES string of the molecule is C=CC[C@@]1(C(=O)N[C@H](CC(C)C)C(=O)O)CCCN1C(=O)OC(C)(C)C. The van der Waals surface area contributed by atoms with Crippen LogP contribution >= 0.6 is 0 Å². The maximum Gasteiger partial charge on any atom is 0.411 e. The van der Waals surface area contributed by atoms with Gasteiger partial charge in [-0.2, -0.15) is 0 Å². The van der Waals surface area contributed by atoms with E-state index >= 15 is 0 Å². The smallest absolute Gasteiger partial charge is 0.411 e. The number of amides is 2. The molecule has 0 bridgehead atoms. The fraction of sp³-hybridized carbons (Fsp3) is 0.737. The number of nitrogens with one attached hydrogen (secondary N) is 1. The number of hydrogen-bond acceptors (Lipinski definition) is 4. The molecule has 1 fully saturated rings. The van der Waals surface area contributed by atoms with Crippen molar-refractivity contribution in [3.05, 3.63) is 12.7 Å². The first-order valence-electron chi connectivity index (χ1n) is 9.08. The molecule has 148 valence electrons. The van der Waals surface area contributed by atoms with E-state index in [0.29, 0.717) is 25.8 Å². The van der Waals surface area contributed by atoms with Crippen molar-refractivity contribution >= 4 is 18.0 Å². The van der Waals surface area contributed by atoms with Crippen LogP contribution in [0.3, 0.4) is 0 Å². The lowest BCUT2D eigenvalue weighted by Crippen LogP contribution is -2.60. The van der Waals surface area contributed by atoms with Gasteiger partial charge in [-0.15, -0.1) is 6.58 Å². The Hall–Kier alpha value is -2.05. The molecule has 0 aromatic rings. The Labute approximate surface area is 155 Å². The molecule has 2 amide bonds. The van der Waals surface area contributed by atoms with Crippen LogP contribution in [-0.2, 0) is 14.3 Å². The van der Waals surface area contributed by atoms with Crippen molar-refractivity contribution < 1.29 is 24.2 Å². The lowest BCUT2D eigenvalue weighted by atomic mass is 9.90. The number of ether oxygens (including phenoxy) is 1. The lowest BCUT2D eigenvalue weighted by Gasteiger charge is -2.38. The van der Waals surface area contributed by atoms with Crippen molar-refractivity contribution in [2.75, 3.05) is 6.54 Å². The van der Waals surface area contributed by atoms with Crippen LogP contribution in [0.25, 0.3) is 0 Å². The van der Waals surface area contributed by atoms with Crippen LogP contribution < -0.4 is 5.32 Å². The Morgan fingerprint density at radius 2 is 1.96 bits per heavy atom. The average Bonchev–Trinajstić information content (AvgIpc) is 2.89. The fourth-order valence-corrected chi connectivity index (χ4v) is 3.23. The van der Waals surface area contributed by atoms with Crippen molar-refractivity contribution in [3.63, 3.8) is 0 Å². The summed E-state index contributed by atoms with van der Waals surface area (Å²) in [4.78, 5) is 38.6. The van der Waals surface area contributed by atoms with Gasteiger partial charge in [0.15, 0.2) is 0 Å². The third kappa shape index (κ3) is 5.47. The molecule has 7 nitrogen and oxygen atoms in total. The molecule has 0 aromatic heterocycles. The molecule has 1 aliphatic rings. The summed E-state index contributed by atoms with van der Waals surface area (Å²) in [6.07, 6.45) is 2.66. The zero-order valence-corrected chi connectivity index (χ0v) is 16.5. The molecular formula is C19H32N2O5. The van der Waals surface area contributed by atoms with E-state index in [1.54, 1.807) is 26.8 Å². The van der Waals surface area contributed by atoms with Gasteiger partial charge in [-0.1, -0.05) is 19.9 Å². The van der Waals surface area contributed by atoms with Crippen molar-refractivity contribution in [2.45, 2.75) is 77.5 Å². The molecule has 1 rings (SSSR count). The molecule has 2 atom stereocenters. The van der Waals surface area contributed by atoms with Crippen molar-refractivity contribution in [1.82, 2.24) is 10.2 Å². The molecule has 0 radical (unpaired) electrons. The summed E-state index contributed by atoms with van der Waals surface area (Å²) in [7, 11) is 0. The van der Waals surface area contributed by atoms with Gasteiger partial charge in [0, 0.05) is 6.54 Å². The predicted molar refractivity (Wildman–Crippen MR) is 98.7 cm³/mol. The largest absolute Gasteiger partial charge is 0.480 e. The first kappa shape index (κ1) is 22.0. The number of rotatable bonds is 7. The summed E-state index contributed by atoms with van der Waals surface area (Å²) in [6.45, 7) is 13.2. The summed E-state index contributed by atoms with van der Waals surface area (Å²) in [5.41, 5.74) is -1.84. The van der Waals surface area contributed by atoms with Gasteiger partial charge >= 0.3 is 12.1 Å². The van der Waals surface area contributed by atoms with Crippen molar-refractivity contribution in [2.24, 2.45) is 5.92 Å². The summed E-state index contributed by atoms with van der Waals surface area (Å²) in [5.74, 6) is -1.44. The van der Waals surface area contributed by atoms with Crippen LogP contribution in [0.2, 0.25) is 0 Å². The molecule has 0 unspecified atom stereocenters. The minimum Gasteiger partial charge on any atom is -0.480 e. The van der Waals surface area contributed by atoms with E-state index in [0.717, 1.165) is 0 Å². The molecule has 0 aliphatic carbocycles. The highest BCUT2D eigenvalue weighted by molar-refractivity contribution is 5.93. The highest BCUT2D eigenvalue weighted by Crippen LogP contribution is 2.35. The number of carboxylic acids is 1. The van der Waals surface area contributed by atoms with E-state index < -0.39 is 35.2 Å². The number of aliphatic carboxylic acids is 1. The molecule has 1 saturated heterocycles. The number of carbonyl (C=O) groups is 3. The van der Waals surface area contributed by atoms with E-state index in [-0.39, 0.29) is 12.3 Å². The molecular weight excluding hydrogens is 336 g/mol. The molecule has 0 spiro atoms. The van der Waals surface area contributed by atoms with Gasteiger partial charge in [0.25, 0.3) is 0 Å². The van der Waals surface area contributed by atoms with E-state index in [2.05, 4.69) is 11.9 Å². The third-order valence-corrected chi connectivity index (χ3v) is 4.32. The Kier molecular flexibility index (Phi) is 7.24. The average molecular weight is 368 g/mol. The summed E-state index contributed by atoms with van der Waals surface area (Å²) >= 11 is 0. The van der Waals surface area contributed by atoms with Gasteiger partial charge in [0.2, 0.25) is 5.91 Å². The van der Waals surface area contributed by atoms with E-state index in [1.807, 2.05) is 13.8 Å². The van der Waals surface area contributed by atoms with E-state index in [1.165, 1.54) is 4.90 Å². The van der Waals surface area contributed by atoms with Gasteiger partial charge < -0.3 is 15.2 Å². The minimum atomic E-state index is -1.16. The summed E-state index contributed by atoms with van der Waals surface area (Å²) in [5, 5.41) is 12.0. The molecule has 1 heterocycles. The highest BCUT2D eigenvalue weighted by Gasteiger charge is 2.50. The minimum absolute atomic E-state index is 0.109. The summed E-state index contributed by atoms with van der Waals surface area (Å²) in [6, 6.07) is -0.995. The third-order valence-electron chi connectivity index (χ3n) is 4.32. The first-order valence-corrected chi connectivity index (χ1v) is 9.08. The predicted octanol–water partition coefficient (Wildman–Crippen LogP) is 2.95. The second-order valence-electron chi connectivity index (χ2n) is 8.25. The van der Waals surface area contributed by atoms with Crippen LogP contribution in [0.1, 0.15) is 60.3 Å². The summed E-state index contributed by atoms with van der Waals surface area (Å²) < 4.78 is 5.45. The quantitative estimate of drug-likeness (QED) is 0.674. The van der Waals surface area contributed by atoms with Gasteiger partial charge in [0.05, 0.1) is 0 Å². The fourth-order valence-electron chi connectivity index (χ4n) is 3.23. The molecule has 0 aromatic carbocycles. The topological polar surface area (TPSA) is 95.9 Å². The molecule has 0 saturated carbocycles. The molecule has 1 aliphatic heterocycles. The normalized spacial score (nSPS) is 21.4. The number of carbonyl (C=O) groups excluding carboxylic acids is 2. The molecule has 2 N–H and O–H groups in total. The number of likely N-dealkylation sites (tertiary alicyclic amines) is 1. The van der Waals surface area contributed by atoms with Crippen LogP contribution in [-0.4, -0.2) is 51.7 Å². The van der Waals surface area contributed by atoms with Gasteiger partial charge in [-0.05, 0) is 52.4 Å². The Morgan fingerprint density at radius 1 is 1.35 bits per heavy atom. The van der Waals surface area contributed by atoms with E-state index in [9.17, 15) is 19.5 Å². The van der Waals surface area contributed by atoms with Crippen LogP contribution in [0.4, 0.5) is 4.79 Å². The number of nitrogens with zero attached hydrogens (tertiary/aromatic N) is 1. The van der Waals surface area contributed by atoms with Gasteiger partial charge in [0.1, 0.15) is 17.2 Å². The molecule has 26 heavy (non-hydrogen) atoms. The number of carboxylic acid groups (broad SMARTS) is 1. The zero-order chi connectivity index (χ0) is 20.1. The van der Waals surface area contributed by atoms with Crippen LogP contribution in [0, 0.1) is 5.92 Å². The van der Waals surface area contributed by atoms with Gasteiger partial charge in [-0.25, -0.2) is 9.59 Å². The van der Waals surface area contributed by atoms with Gasteiger partial charge in [-0.3, -0.25) is 9.69 Å². The maximum absolute atomic E-state index is 13.1. The van der Waals surface area contributed by atoms with Crippen molar-refractivity contribution in [1.29, 1.82) is 0 Å². The second-order valence-corrected chi connectivity index (χ2v) is 8.25. The van der Waals surface area contributed by atoms with Crippen LogP contribution in [0.5, 0.6) is 0 Å². The van der Waals surface area contributed by atoms with Crippen LogP contribution in [0.15, 0.2) is 12.7 Å². The zero-order valence-electron chi connectivity index (χ0n) is 16.5. The number of hydrogen-bond donors (Lipinski definition) is 2. The Balaban J connectivity index is 3.09. The molecule has 7 heteroatoms.